The first-order valence-electron chi connectivity index (χ1n) is 8.70. The number of hydrogen-bond acceptors (Lipinski definition) is 4. The maximum atomic E-state index is 10.9. The summed E-state index contributed by atoms with van der Waals surface area (Å²) in [4.78, 5) is 6.76. The number of nitrogens with zero attached hydrogens (tertiary/aromatic N) is 3. The molecule has 1 aromatic heterocycles. The molecule has 130 valence electrons. The molecule has 0 unspecified atom stereocenters. The third kappa shape index (κ3) is 4.16. The third-order valence-corrected chi connectivity index (χ3v) is 4.56. The monoisotopic (exact) mass is 329 g/mol. The van der Waals surface area contributed by atoms with Crippen LogP contribution in [0.4, 0.5) is 0 Å². The van der Waals surface area contributed by atoms with E-state index in [4.69, 9.17) is 4.74 Å². The summed E-state index contributed by atoms with van der Waals surface area (Å²) in [6, 6.07) is 10.1. The van der Waals surface area contributed by atoms with Crippen LogP contribution < -0.4 is 4.74 Å². The Morgan fingerprint density at radius 2 is 2.08 bits per heavy atom. The lowest BCUT2D eigenvalue weighted by molar-refractivity contribution is -0.0627. The quantitative estimate of drug-likeness (QED) is 0.885. The van der Waals surface area contributed by atoms with Gasteiger partial charge in [0.25, 0.3) is 0 Å². The molecule has 0 amide bonds. The van der Waals surface area contributed by atoms with Crippen LogP contribution in [0.5, 0.6) is 5.75 Å². The van der Waals surface area contributed by atoms with E-state index in [1.54, 1.807) is 0 Å². The van der Waals surface area contributed by atoms with E-state index in [0.717, 1.165) is 37.5 Å². The standard InChI is InChI=1S/C19H27N3O2/c1-16(2)22-12-10-20-18(22)13-21-11-6-9-19(23,14-21)15-24-17-7-4-3-5-8-17/h3-5,7-8,10,12,16,23H,6,9,11,13-15H2,1-2H3/t19-/m1/s1. The predicted octanol–water partition coefficient (Wildman–Crippen LogP) is 2.87. The number of para-hydroxylation sites is 1. The molecule has 0 spiro atoms. The van der Waals surface area contributed by atoms with Crippen LogP contribution in [0, 0.1) is 0 Å². The molecule has 0 aliphatic carbocycles. The summed E-state index contributed by atoms with van der Waals surface area (Å²) in [7, 11) is 0. The van der Waals surface area contributed by atoms with E-state index >= 15 is 0 Å². The van der Waals surface area contributed by atoms with Crippen LogP contribution in [0.1, 0.15) is 38.6 Å². The number of hydrogen-bond donors (Lipinski definition) is 1. The summed E-state index contributed by atoms with van der Waals surface area (Å²) in [5.41, 5.74) is -0.802. The summed E-state index contributed by atoms with van der Waals surface area (Å²) >= 11 is 0. The summed E-state index contributed by atoms with van der Waals surface area (Å²) in [5, 5.41) is 10.9. The molecular weight excluding hydrogens is 302 g/mol. The smallest absolute Gasteiger partial charge is 0.123 e. The van der Waals surface area contributed by atoms with E-state index in [1.165, 1.54) is 0 Å². The van der Waals surface area contributed by atoms with Gasteiger partial charge in [-0.25, -0.2) is 4.98 Å². The van der Waals surface area contributed by atoms with Crippen molar-refractivity contribution in [2.75, 3.05) is 19.7 Å². The van der Waals surface area contributed by atoms with E-state index in [9.17, 15) is 5.11 Å². The molecule has 1 N–H and O–H groups in total. The summed E-state index contributed by atoms with van der Waals surface area (Å²) in [6.07, 6.45) is 5.62. The van der Waals surface area contributed by atoms with Crippen LogP contribution in [-0.2, 0) is 6.54 Å². The Labute approximate surface area is 143 Å². The zero-order valence-electron chi connectivity index (χ0n) is 14.6. The van der Waals surface area contributed by atoms with Crippen molar-refractivity contribution in [3.63, 3.8) is 0 Å². The number of aromatic nitrogens is 2. The van der Waals surface area contributed by atoms with E-state index in [2.05, 4.69) is 28.3 Å². The fourth-order valence-corrected chi connectivity index (χ4v) is 3.33. The number of β-amino-alcohol motifs (C(OH)–C–C–N with tert-alkyl or cyclic N) is 1. The SMILES string of the molecule is CC(C)n1ccnc1CN1CCC[C@](O)(COc2ccccc2)C1. The van der Waals surface area contributed by atoms with Crippen LogP contribution in [0.15, 0.2) is 42.7 Å². The normalized spacial score (nSPS) is 22.0. The molecule has 1 aliphatic heterocycles. The van der Waals surface area contributed by atoms with E-state index in [0.29, 0.717) is 19.2 Å². The molecule has 3 rings (SSSR count). The van der Waals surface area contributed by atoms with Gasteiger partial charge in [-0.2, -0.15) is 0 Å². The molecular formula is C19H27N3O2. The minimum absolute atomic E-state index is 0.326. The maximum absolute atomic E-state index is 10.9. The van der Waals surface area contributed by atoms with Crippen molar-refractivity contribution in [2.45, 2.75) is 44.9 Å². The Morgan fingerprint density at radius 1 is 1.29 bits per heavy atom. The Hall–Kier alpha value is -1.85. The minimum Gasteiger partial charge on any atom is -0.491 e. The van der Waals surface area contributed by atoms with E-state index < -0.39 is 5.60 Å². The highest BCUT2D eigenvalue weighted by Gasteiger charge is 2.34. The van der Waals surface area contributed by atoms with Crippen LogP contribution in [0.2, 0.25) is 0 Å². The van der Waals surface area contributed by atoms with Crippen LogP contribution in [0.25, 0.3) is 0 Å². The summed E-state index contributed by atoms with van der Waals surface area (Å²) in [5.74, 6) is 1.86. The highest BCUT2D eigenvalue weighted by molar-refractivity contribution is 5.21. The second-order valence-corrected chi connectivity index (χ2v) is 6.98. The summed E-state index contributed by atoms with van der Waals surface area (Å²) < 4.78 is 7.99. The number of imidazole rings is 1. The number of rotatable bonds is 6. The van der Waals surface area contributed by atoms with E-state index in [-0.39, 0.29) is 0 Å². The van der Waals surface area contributed by atoms with Crippen LogP contribution in [-0.4, -0.2) is 44.9 Å². The maximum Gasteiger partial charge on any atom is 0.123 e. The zero-order valence-corrected chi connectivity index (χ0v) is 14.6. The molecule has 2 aromatic rings. The molecule has 1 atom stereocenters. The minimum atomic E-state index is -0.802. The average Bonchev–Trinajstić information content (AvgIpc) is 3.03. The third-order valence-electron chi connectivity index (χ3n) is 4.56. The Balaban J connectivity index is 1.60. The largest absolute Gasteiger partial charge is 0.491 e. The van der Waals surface area contributed by atoms with Crippen molar-refractivity contribution in [1.82, 2.24) is 14.5 Å². The molecule has 1 fully saturated rings. The van der Waals surface area contributed by atoms with Crippen molar-refractivity contribution in [1.29, 1.82) is 0 Å². The Kier molecular flexibility index (Phi) is 5.21. The molecule has 1 aromatic carbocycles. The van der Waals surface area contributed by atoms with Gasteiger partial charge in [0.15, 0.2) is 0 Å². The predicted molar refractivity (Wildman–Crippen MR) is 94.0 cm³/mol. The van der Waals surface area contributed by atoms with Crippen molar-refractivity contribution in [3.8, 4) is 5.75 Å². The fraction of sp³-hybridized carbons (Fsp3) is 0.526. The van der Waals surface area contributed by atoms with Crippen molar-refractivity contribution < 1.29 is 9.84 Å². The number of aliphatic hydroxyl groups is 1. The van der Waals surface area contributed by atoms with Gasteiger partial charge >= 0.3 is 0 Å². The Morgan fingerprint density at radius 3 is 2.83 bits per heavy atom. The van der Waals surface area contributed by atoms with Gasteiger partial charge in [0.1, 0.15) is 23.8 Å². The second kappa shape index (κ2) is 7.36. The number of piperidine rings is 1. The molecule has 24 heavy (non-hydrogen) atoms. The van der Waals surface area contributed by atoms with E-state index in [1.807, 2.05) is 42.7 Å². The van der Waals surface area contributed by atoms with Gasteiger partial charge in [-0.1, -0.05) is 18.2 Å². The second-order valence-electron chi connectivity index (χ2n) is 6.98. The van der Waals surface area contributed by atoms with Crippen molar-refractivity contribution in [3.05, 3.63) is 48.5 Å². The highest BCUT2D eigenvalue weighted by Crippen LogP contribution is 2.24. The molecule has 1 saturated heterocycles. The average molecular weight is 329 g/mol. The van der Waals surface area contributed by atoms with Gasteiger partial charge in [0.05, 0.1) is 6.54 Å². The first-order valence-corrected chi connectivity index (χ1v) is 8.70. The fourth-order valence-electron chi connectivity index (χ4n) is 3.33. The Bertz CT molecular complexity index is 641. The van der Waals surface area contributed by atoms with Gasteiger partial charge in [-0.05, 0) is 45.4 Å². The van der Waals surface area contributed by atoms with Crippen molar-refractivity contribution >= 4 is 0 Å². The van der Waals surface area contributed by atoms with Gasteiger partial charge in [-0.15, -0.1) is 0 Å². The molecule has 5 heteroatoms. The lowest BCUT2D eigenvalue weighted by Gasteiger charge is -2.38. The number of ether oxygens (including phenoxy) is 1. The molecule has 0 radical (unpaired) electrons. The molecule has 5 nitrogen and oxygen atoms in total. The van der Waals surface area contributed by atoms with Crippen LogP contribution in [0.3, 0.4) is 0 Å². The zero-order chi connectivity index (χ0) is 17.0. The van der Waals surface area contributed by atoms with Crippen molar-refractivity contribution in [2.24, 2.45) is 0 Å². The van der Waals surface area contributed by atoms with Crippen LogP contribution >= 0.6 is 0 Å². The topological polar surface area (TPSA) is 50.5 Å². The number of likely N-dealkylation sites (tertiary alicyclic amines) is 1. The molecule has 1 aliphatic rings. The van der Waals surface area contributed by atoms with Gasteiger partial charge in [0.2, 0.25) is 0 Å². The first-order chi connectivity index (χ1) is 11.6. The molecule has 2 heterocycles. The molecule has 0 bridgehead atoms. The number of benzene rings is 1. The summed E-state index contributed by atoms with van der Waals surface area (Å²) in [6.45, 7) is 7.01. The first kappa shape index (κ1) is 17.0. The highest BCUT2D eigenvalue weighted by atomic mass is 16.5. The lowest BCUT2D eigenvalue weighted by atomic mass is 9.93. The van der Waals surface area contributed by atoms with Gasteiger partial charge < -0.3 is 14.4 Å². The lowest BCUT2D eigenvalue weighted by Crippen LogP contribution is -2.51. The molecule has 0 saturated carbocycles. The van der Waals surface area contributed by atoms with Gasteiger partial charge in [0, 0.05) is 25.0 Å². The van der Waals surface area contributed by atoms with Gasteiger partial charge in [-0.3, -0.25) is 4.90 Å².